The van der Waals surface area contributed by atoms with Gasteiger partial charge in [0.05, 0.1) is 10.2 Å². The van der Waals surface area contributed by atoms with Gasteiger partial charge in [-0.2, -0.15) is 26.3 Å². The normalized spacial score (nSPS) is 12.7. The highest BCUT2D eigenvalue weighted by molar-refractivity contribution is 7.22. The predicted molar refractivity (Wildman–Crippen MR) is 106 cm³/mol. The molecule has 1 heterocycles. The van der Waals surface area contributed by atoms with E-state index in [9.17, 15) is 31.1 Å². The number of hydrogen-bond donors (Lipinski definition) is 2. The minimum atomic E-state index is -5.91. The van der Waals surface area contributed by atoms with E-state index in [2.05, 4.69) is 4.98 Å². The molecule has 0 atom stereocenters. The van der Waals surface area contributed by atoms with E-state index in [1.807, 2.05) is 0 Å². The zero-order valence-corrected chi connectivity index (χ0v) is 17.0. The molecule has 0 fully saturated rings. The molecular weight excluding hydrogens is 468 g/mol. The largest absolute Gasteiger partial charge is 0.439 e. The average molecular weight is 482 g/mol. The number of amides is 1. The van der Waals surface area contributed by atoms with Gasteiger partial charge in [0.2, 0.25) is 5.91 Å². The van der Waals surface area contributed by atoms with E-state index < -0.39 is 35.5 Å². The molecule has 0 radical (unpaired) electrons. The van der Waals surface area contributed by atoms with E-state index in [1.165, 1.54) is 23.5 Å². The Kier molecular flexibility index (Phi) is 6.38. The summed E-state index contributed by atoms with van der Waals surface area (Å²) < 4.78 is 82.8. The van der Waals surface area contributed by atoms with Gasteiger partial charge in [0.1, 0.15) is 0 Å². The quantitative estimate of drug-likeness (QED) is 0.339. The number of benzene rings is 2. The smallest absolute Gasteiger partial charge is 0.324 e. The SMILES string of the molecule is O=C(CCc1ccccc1)NC(Nc1nc2ccc(Cl)cc2s1)(C(F)(F)F)C(F)(F)F. The van der Waals surface area contributed by atoms with Crippen LogP contribution in [-0.2, 0) is 11.2 Å². The molecule has 4 nitrogen and oxygen atoms in total. The number of carbonyl (C=O) groups excluding carboxylic acids is 1. The molecule has 2 aromatic carbocycles. The molecule has 0 aliphatic carbocycles. The van der Waals surface area contributed by atoms with Gasteiger partial charge in [-0.15, -0.1) is 0 Å². The molecular formula is C19H14ClF6N3OS. The standard InChI is InChI=1S/C19H14ClF6N3OS/c20-12-7-8-13-14(10-12)31-16(27-13)29-17(18(21,22)23,19(24,25)26)28-15(30)9-6-11-4-2-1-3-5-11/h1-5,7-8,10H,6,9H2,(H,27,29)(H,28,30). The molecule has 0 saturated carbocycles. The van der Waals surface area contributed by atoms with Crippen LogP contribution in [0.25, 0.3) is 10.2 Å². The molecule has 0 bridgehead atoms. The van der Waals surface area contributed by atoms with Crippen LogP contribution in [0, 0.1) is 0 Å². The number of anilines is 1. The van der Waals surface area contributed by atoms with E-state index in [0.717, 1.165) is 5.32 Å². The highest BCUT2D eigenvalue weighted by Gasteiger charge is 2.73. The molecule has 0 aliphatic heterocycles. The molecule has 1 amide bonds. The molecule has 0 aliphatic rings. The van der Waals surface area contributed by atoms with Crippen LogP contribution in [0.2, 0.25) is 5.02 Å². The number of rotatable bonds is 6. The molecule has 12 heteroatoms. The third kappa shape index (κ3) is 5.04. The van der Waals surface area contributed by atoms with Crippen LogP contribution in [-0.4, -0.2) is 28.9 Å². The minimum absolute atomic E-state index is 0.0297. The van der Waals surface area contributed by atoms with Crippen molar-refractivity contribution in [2.24, 2.45) is 0 Å². The number of carbonyl (C=O) groups is 1. The van der Waals surface area contributed by atoms with Crippen LogP contribution >= 0.6 is 22.9 Å². The van der Waals surface area contributed by atoms with Crippen molar-refractivity contribution in [3.63, 3.8) is 0 Å². The lowest BCUT2D eigenvalue weighted by Gasteiger charge is -2.38. The van der Waals surface area contributed by atoms with Gasteiger partial charge in [-0.25, -0.2) is 4.98 Å². The first-order valence-electron chi connectivity index (χ1n) is 8.74. The van der Waals surface area contributed by atoms with Crippen molar-refractivity contribution in [2.75, 3.05) is 5.32 Å². The molecule has 0 unspecified atom stereocenters. The Balaban J connectivity index is 1.91. The van der Waals surface area contributed by atoms with Crippen LogP contribution in [0.3, 0.4) is 0 Å². The number of nitrogens with one attached hydrogen (secondary N) is 2. The Bertz CT molecular complexity index is 1050. The van der Waals surface area contributed by atoms with Crippen molar-refractivity contribution >= 4 is 44.2 Å². The fourth-order valence-electron chi connectivity index (χ4n) is 2.76. The highest BCUT2D eigenvalue weighted by Crippen LogP contribution is 2.44. The second-order valence-corrected chi connectivity index (χ2v) is 8.00. The first kappa shape index (κ1) is 23.1. The summed E-state index contributed by atoms with van der Waals surface area (Å²) in [6.45, 7) is 0. The zero-order valence-electron chi connectivity index (χ0n) is 15.4. The van der Waals surface area contributed by atoms with Gasteiger partial charge in [0, 0.05) is 11.4 Å². The number of aromatic nitrogens is 1. The molecule has 3 aromatic rings. The Morgan fingerprint density at radius 1 is 1.00 bits per heavy atom. The monoisotopic (exact) mass is 481 g/mol. The lowest BCUT2D eigenvalue weighted by atomic mass is 10.1. The fourth-order valence-corrected chi connectivity index (χ4v) is 3.96. The van der Waals surface area contributed by atoms with E-state index in [1.54, 1.807) is 30.3 Å². The third-order valence-electron chi connectivity index (χ3n) is 4.31. The topological polar surface area (TPSA) is 54.0 Å². The van der Waals surface area contributed by atoms with E-state index >= 15 is 0 Å². The van der Waals surface area contributed by atoms with Crippen LogP contribution < -0.4 is 10.6 Å². The van der Waals surface area contributed by atoms with E-state index in [0.29, 0.717) is 16.9 Å². The summed E-state index contributed by atoms with van der Waals surface area (Å²) in [5.74, 6) is -1.42. The van der Waals surface area contributed by atoms with Gasteiger partial charge in [-0.3, -0.25) is 4.79 Å². The lowest BCUT2D eigenvalue weighted by Crippen LogP contribution is -2.72. The second kappa shape index (κ2) is 8.54. The van der Waals surface area contributed by atoms with Crippen molar-refractivity contribution < 1.29 is 31.1 Å². The Morgan fingerprint density at radius 3 is 2.26 bits per heavy atom. The summed E-state index contributed by atoms with van der Waals surface area (Å²) in [7, 11) is 0. The van der Waals surface area contributed by atoms with Crippen molar-refractivity contribution in [3.05, 3.63) is 59.1 Å². The van der Waals surface area contributed by atoms with E-state index in [-0.39, 0.29) is 21.7 Å². The third-order valence-corrected chi connectivity index (χ3v) is 5.47. The van der Waals surface area contributed by atoms with Gasteiger partial charge < -0.3 is 10.6 Å². The first-order chi connectivity index (χ1) is 14.4. The van der Waals surface area contributed by atoms with Crippen LogP contribution in [0.1, 0.15) is 12.0 Å². The van der Waals surface area contributed by atoms with E-state index in [4.69, 9.17) is 11.6 Å². The fraction of sp³-hybridized carbons (Fsp3) is 0.263. The highest BCUT2D eigenvalue weighted by atomic mass is 35.5. The summed E-state index contributed by atoms with van der Waals surface area (Å²) in [5, 5.41) is 2.09. The molecule has 0 saturated heterocycles. The van der Waals surface area contributed by atoms with Gasteiger partial charge in [0.25, 0.3) is 0 Å². The molecule has 0 spiro atoms. The summed E-state index contributed by atoms with van der Waals surface area (Å²) in [4.78, 5) is 15.9. The molecule has 2 N–H and O–H groups in total. The number of hydrogen-bond acceptors (Lipinski definition) is 4. The number of aryl methyl sites for hydroxylation is 1. The lowest BCUT2D eigenvalue weighted by molar-refractivity contribution is -0.295. The van der Waals surface area contributed by atoms with Gasteiger partial charge in [0.15, 0.2) is 5.13 Å². The number of alkyl halides is 6. The summed E-state index contributed by atoms with van der Waals surface area (Å²) in [6, 6.07) is 12.3. The number of fused-ring (bicyclic) bond motifs is 1. The number of thiazole rings is 1. The van der Waals surface area contributed by atoms with Crippen LogP contribution in [0.4, 0.5) is 31.5 Å². The number of halogens is 7. The minimum Gasteiger partial charge on any atom is -0.324 e. The van der Waals surface area contributed by atoms with Crippen molar-refractivity contribution in [1.29, 1.82) is 0 Å². The maximum absolute atomic E-state index is 13.8. The maximum Gasteiger partial charge on any atom is 0.439 e. The Hall–Kier alpha value is -2.53. The van der Waals surface area contributed by atoms with Crippen LogP contribution in [0.15, 0.2) is 48.5 Å². The molecule has 3 rings (SSSR count). The average Bonchev–Trinajstić information content (AvgIpc) is 3.06. The van der Waals surface area contributed by atoms with Gasteiger partial charge >= 0.3 is 18.0 Å². The summed E-state index contributed by atoms with van der Waals surface area (Å²) in [6.07, 6.45) is -12.4. The van der Waals surface area contributed by atoms with Crippen molar-refractivity contribution in [2.45, 2.75) is 30.9 Å². The molecule has 166 valence electrons. The Labute approximate surface area is 181 Å². The molecule has 31 heavy (non-hydrogen) atoms. The first-order valence-corrected chi connectivity index (χ1v) is 9.93. The van der Waals surface area contributed by atoms with Gasteiger partial charge in [-0.1, -0.05) is 53.3 Å². The zero-order chi connectivity index (χ0) is 22.9. The number of nitrogens with zero attached hydrogens (tertiary/aromatic N) is 1. The van der Waals surface area contributed by atoms with Crippen molar-refractivity contribution in [3.8, 4) is 0 Å². The maximum atomic E-state index is 13.8. The Morgan fingerprint density at radius 2 is 1.65 bits per heavy atom. The second-order valence-electron chi connectivity index (χ2n) is 6.54. The van der Waals surface area contributed by atoms with Gasteiger partial charge in [-0.05, 0) is 30.2 Å². The summed E-state index contributed by atoms with van der Waals surface area (Å²) in [5.41, 5.74) is -3.96. The molecule has 1 aromatic heterocycles. The predicted octanol–water partition coefficient (Wildman–Crippen LogP) is 5.93. The van der Waals surface area contributed by atoms with Crippen molar-refractivity contribution in [1.82, 2.24) is 10.3 Å². The van der Waals surface area contributed by atoms with Crippen LogP contribution in [0.5, 0.6) is 0 Å². The summed E-state index contributed by atoms with van der Waals surface area (Å²) >= 11 is 6.35.